The van der Waals surface area contributed by atoms with Gasteiger partial charge in [-0.05, 0) is 24.0 Å². The van der Waals surface area contributed by atoms with Crippen molar-refractivity contribution >= 4 is 5.91 Å². The standard InChI is InChI=1S/C23H30N2O3/c1-28-19-23(25(22(27)18-26)17-21-10-6-3-7-11-21)12-14-24(15-13-23)16-20-8-4-2-5-9-20/h2-11,26H,12-19H2,1H3. The van der Waals surface area contributed by atoms with E-state index in [0.717, 1.165) is 38.0 Å². The first-order chi connectivity index (χ1) is 13.7. The Labute approximate surface area is 167 Å². The second-order valence-electron chi connectivity index (χ2n) is 7.54. The maximum Gasteiger partial charge on any atom is 0.249 e. The normalized spacial score (nSPS) is 16.6. The van der Waals surface area contributed by atoms with Crippen LogP contribution in [-0.2, 0) is 22.6 Å². The van der Waals surface area contributed by atoms with Crippen LogP contribution in [0.3, 0.4) is 0 Å². The minimum absolute atomic E-state index is 0.239. The van der Waals surface area contributed by atoms with Gasteiger partial charge in [0.05, 0.1) is 12.1 Å². The fourth-order valence-electron chi connectivity index (χ4n) is 4.10. The van der Waals surface area contributed by atoms with Gasteiger partial charge in [0.1, 0.15) is 6.61 Å². The zero-order valence-electron chi connectivity index (χ0n) is 16.6. The Bertz CT molecular complexity index is 728. The number of aliphatic hydroxyl groups is 1. The van der Waals surface area contributed by atoms with Crippen LogP contribution in [0.25, 0.3) is 0 Å². The summed E-state index contributed by atoms with van der Waals surface area (Å²) in [5.41, 5.74) is 1.97. The molecule has 5 heteroatoms. The molecule has 2 aromatic rings. The van der Waals surface area contributed by atoms with Gasteiger partial charge in [-0.3, -0.25) is 9.69 Å². The van der Waals surface area contributed by atoms with E-state index in [4.69, 9.17) is 4.74 Å². The number of carbonyl (C=O) groups is 1. The maximum absolute atomic E-state index is 12.7. The summed E-state index contributed by atoms with van der Waals surface area (Å²) in [5, 5.41) is 9.60. The Balaban J connectivity index is 1.74. The van der Waals surface area contributed by atoms with Crippen molar-refractivity contribution in [2.45, 2.75) is 31.5 Å². The van der Waals surface area contributed by atoms with E-state index >= 15 is 0 Å². The van der Waals surface area contributed by atoms with Crippen molar-refractivity contribution in [2.24, 2.45) is 0 Å². The summed E-state index contributed by atoms with van der Waals surface area (Å²) in [5.74, 6) is -0.239. The highest BCUT2D eigenvalue weighted by atomic mass is 16.5. The van der Waals surface area contributed by atoms with E-state index in [1.807, 2.05) is 41.3 Å². The lowest BCUT2D eigenvalue weighted by Gasteiger charge is -2.48. The van der Waals surface area contributed by atoms with Crippen LogP contribution in [-0.4, -0.2) is 59.8 Å². The molecule has 3 rings (SSSR count). The summed E-state index contributed by atoms with van der Waals surface area (Å²) < 4.78 is 5.56. The lowest BCUT2D eigenvalue weighted by Crippen LogP contribution is -2.60. The number of amides is 1. The first-order valence-electron chi connectivity index (χ1n) is 9.87. The van der Waals surface area contributed by atoms with Crippen LogP contribution >= 0.6 is 0 Å². The summed E-state index contributed by atoms with van der Waals surface area (Å²) in [4.78, 5) is 16.9. The average Bonchev–Trinajstić information content (AvgIpc) is 2.75. The molecule has 0 saturated carbocycles. The van der Waals surface area contributed by atoms with Gasteiger partial charge in [0.2, 0.25) is 5.91 Å². The summed E-state index contributed by atoms with van der Waals surface area (Å²) in [7, 11) is 1.68. The zero-order valence-corrected chi connectivity index (χ0v) is 16.6. The number of benzene rings is 2. The van der Waals surface area contributed by atoms with Crippen molar-refractivity contribution in [3.05, 3.63) is 71.8 Å². The van der Waals surface area contributed by atoms with Crippen molar-refractivity contribution in [1.82, 2.24) is 9.80 Å². The van der Waals surface area contributed by atoms with Gasteiger partial charge in [0, 0.05) is 33.3 Å². The van der Waals surface area contributed by atoms with E-state index in [9.17, 15) is 9.90 Å². The molecule has 0 bridgehead atoms. The second kappa shape index (κ2) is 9.82. The van der Waals surface area contributed by atoms with E-state index in [1.54, 1.807) is 7.11 Å². The van der Waals surface area contributed by atoms with E-state index in [1.165, 1.54) is 5.56 Å². The van der Waals surface area contributed by atoms with Crippen LogP contribution < -0.4 is 0 Å². The number of piperidine rings is 1. The predicted molar refractivity (Wildman–Crippen MR) is 110 cm³/mol. The van der Waals surface area contributed by atoms with E-state index in [2.05, 4.69) is 29.2 Å². The molecular weight excluding hydrogens is 352 g/mol. The highest BCUT2D eigenvalue weighted by Crippen LogP contribution is 2.32. The molecule has 150 valence electrons. The highest BCUT2D eigenvalue weighted by Gasteiger charge is 2.42. The van der Waals surface area contributed by atoms with Crippen LogP contribution in [0.2, 0.25) is 0 Å². The first-order valence-corrected chi connectivity index (χ1v) is 9.87. The zero-order chi connectivity index (χ0) is 19.8. The number of carbonyl (C=O) groups excluding carboxylic acids is 1. The molecule has 0 aliphatic carbocycles. The van der Waals surface area contributed by atoms with Crippen LogP contribution in [0.15, 0.2) is 60.7 Å². The van der Waals surface area contributed by atoms with E-state index in [0.29, 0.717) is 13.2 Å². The fraction of sp³-hybridized carbons (Fsp3) is 0.435. The van der Waals surface area contributed by atoms with Crippen LogP contribution in [0.1, 0.15) is 24.0 Å². The molecule has 0 unspecified atom stereocenters. The Morgan fingerprint density at radius 3 is 2.14 bits per heavy atom. The average molecular weight is 383 g/mol. The van der Waals surface area contributed by atoms with Crippen molar-refractivity contribution in [3.63, 3.8) is 0 Å². The molecule has 1 heterocycles. The quantitative estimate of drug-likeness (QED) is 0.763. The Morgan fingerprint density at radius 1 is 1.04 bits per heavy atom. The molecule has 1 saturated heterocycles. The molecule has 1 N–H and O–H groups in total. The second-order valence-corrected chi connectivity index (χ2v) is 7.54. The third kappa shape index (κ3) is 4.98. The smallest absolute Gasteiger partial charge is 0.249 e. The SMILES string of the molecule is COCC1(N(Cc2ccccc2)C(=O)CO)CCN(Cc2ccccc2)CC1. The van der Waals surface area contributed by atoms with Gasteiger partial charge in [-0.25, -0.2) is 0 Å². The molecule has 0 radical (unpaired) electrons. The molecule has 1 aliphatic rings. The number of hydrogen-bond donors (Lipinski definition) is 1. The molecule has 0 spiro atoms. The van der Waals surface area contributed by atoms with Gasteiger partial charge >= 0.3 is 0 Å². The monoisotopic (exact) mass is 382 g/mol. The van der Waals surface area contributed by atoms with Gasteiger partial charge < -0.3 is 14.7 Å². The Morgan fingerprint density at radius 2 is 1.61 bits per heavy atom. The van der Waals surface area contributed by atoms with Gasteiger partial charge in [0.25, 0.3) is 0 Å². The number of methoxy groups -OCH3 is 1. The summed E-state index contributed by atoms with van der Waals surface area (Å²) in [6.07, 6.45) is 1.65. The maximum atomic E-state index is 12.7. The number of likely N-dealkylation sites (tertiary alicyclic amines) is 1. The number of aliphatic hydroxyl groups excluding tert-OH is 1. The molecule has 1 amide bonds. The Hall–Kier alpha value is -2.21. The molecule has 5 nitrogen and oxygen atoms in total. The third-order valence-corrected chi connectivity index (χ3v) is 5.64. The molecule has 1 fully saturated rings. The Kier molecular flexibility index (Phi) is 7.20. The number of ether oxygens (including phenoxy) is 1. The third-order valence-electron chi connectivity index (χ3n) is 5.64. The van der Waals surface area contributed by atoms with Crippen LogP contribution in [0.4, 0.5) is 0 Å². The molecule has 1 aliphatic heterocycles. The van der Waals surface area contributed by atoms with E-state index in [-0.39, 0.29) is 5.91 Å². The lowest BCUT2D eigenvalue weighted by molar-refractivity contribution is -0.147. The number of nitrogens with zero attached hydrogens (tertiary/aromatic N) is 2. The summed E-state index contributed by atoms with van der Waals surface area (Å²) >= 11 is 0. The first kappa shape index (κ1) is 20.5. The van der Waals surface area contributed by atoms with E-state index < -0.39 is 12.1 Å². The largest absolute Gasteiger partial charge is 0.387 e. The van der Waals surface area contributed by atoms with Gasteiger partial charge in [-0.1, -0.05) is 60.7 Å². The van der Waals surface area contributed by atoms with Crippen molar-refractivity contribution < 1.29 is 14.6 Å². The van der Waals surface area contributed by atoms with Crippen LogP contribution in [0.5, 0.6) is 0 Å². The molecule has 0 aromatic heterocycles. The van der Waals surface area contributed by atoms with Crippen molar-refractivity contribution in [2.75, 3.05) is 33.4 Å². The highest BCUT2D eigenvalue weighted by molar-refractivity contribution is 5.78. The van der Waals surface area contributed by atoms with Gasteiger partial charge in [0.15, 0.2) is 0 Å². The summed E-state index contributed by atoms with van der Waals surface area (Å²) in [6.45, 7) is 3.18. The van der Waals surface area contributed by atoms with Crippen molar-refractivity contribution in [3.8, 4) is 0 Å². The van der Waals surface area contributed by atoms with Gasteiger partial charge in [-0.15, -0.1) is 0 Å². The van der Waals surface area contributed by atoms with Crippen molar-refractivity contribution in [1.29, 1.82) is 0 Å². The molecule has 28 heavy (non-hydrogen) atoms. The number of rotatable bonds is 8. The lowest BCUT2D eigenvalue weighted by atomic mass is 9.85. The van der Waals surface area contributed by atoms with Crippen LogP contribution in [0, 0.1) is 0 Å². The van der Waals surface area contributed by atoms with Gasteiger partial charge in [-0.2, -0.15) is 0 Å². The predicted octanol–water partition coefficient (Wildman–Crippen LogP) is 2.69. The molecular formula is C23H30N2O3. The minimum Gasteiger partial charge on any atom is -0.387 e. The number of hydrogen-bond acceptors (Lipinski definition) is 4. The molecule has 0 atom stereocenters. The topological polar surface area (TPSA) is 53.0 Å². The summed E-state index contributed by atoms with van der Waals surface area (Å²) in [6, 6.07) is 20.4. The molecule has 2 aromatic carbocycles. The minimum atomic E-state index is -0.480. The fourth-order valence-corrected chi connectivity index (χ4v) is 4.10.